The number of hydrogen-bond donors (Lipinski definition) is 3. The van der Waals surface area contributed by atoms with Gasteiger partial charge in [0.15, 0.2) is 0 Å². The summed E-state index contributed by atoms with van der Waals surface area (Å²) >= 11 is 0. The van der Waals surface area contributed by atoms with Crippen molar-refractivity contribution in [2.75, 3.05) is 0 Å². The van der Waals surface area contributed by atoms with Crippen molar-refractivity contribution < 1.29 is 29.7 Å². The summed E-state index contributed by atoms with van der Waals surface area (Å²) in [6.45, 7) is 4.97. The maximum Gasteiger partial charge on any atom is 0.307 e. The Morgan fingerprint density at radius 1 is 0.941 bits per heavy atom. The van der Waals surface area contributed by atoms with Crippen LogP contribution >= 0.6 is 0 Å². The normalized spacial score (nSPS) is 13.4. The molecule has 1 atom stereocenters. The van der Waals surface area contributed by atoms with Gasteiger partial charge in [-0.3, -0.25) is 14.4 Å². The van der Waals surface area contributed by atoms with Crippen molar-refractivity contribution in [2.24, 2.45) is 17.3 Å². The lowest BCUT2D eigenvalue weighted by atomic mass is 9.71. The monoisotopic (exact) mass is 246 g/mol. The number of rotatable bonds is 6. The first-order valence-corrected chi connectivity index (χ1v) is 5.22. The molecule has 0 aromatic carbocycles. The highest BCUT2D eigenvalue weighted by Gasteiger charge is 2.39. The van der Waals surface area contributed by atoms with E-state index < -0.39 is 48.0 Å². The third-order valence-electron chi connectivity index (χ3n) is 2.54. The minimum Gasteiger partial charge on any atom is -0.481 e. The summed E-state index contributed by atoms with van der Waals surface area (Å²) in [6.07, 6.45) is -0.916. The lowest BCUT2D eigenvalue weighted by Gasteiger charge is -2.32. The van der Waals surface area contributed by atoms with Crippen molar-refractivity contribution in [3.63, 3.8) is 0 Å². The Labute approximate surface area is 99.3 Å². The largest absolute Gasteiger partial charge is 0.481 e. The molecule has 0 heterocycles. The molecule has 3 N–H and O–H groups in total. The number of carbonyl (C=O) groups is 3. The molecule has 98 valence electrons. The van der Waals surface area contributed by atoms with Crippen molar-refractivity contribution in [3.8, 4) is 0 Å². The van der Waals surface area contributed by atoms with Crippen molar-refractivity contribution in [1.82, 2.24) is 0 Å². The molecule has 0 aliphatic carbocycles. The minimum absolute atomic E-state index is 0.458. The van der Waals surface area contributed by atoms with Gasteiger partial charge in [-0.15, -0.1) is 0 Å². The third kappa shape index (κ3) is 5.33. The SMILES string of the molecule is CC(C)(C)C(C(=O)O)C(CC(=O)O)CC(=O)O. The molecule has 6 heteroatoms. The lowest BCUT2D eigenvalue weighted by molar-refractivity contribution is -0.151. The Morgan fingerprint density at radius 3 is 1.47 bits per heavy atom. The number of aliphatic carboxylic acids is 3. The number of carboxylic acids is 3. The Morgan fingerprint density at radius 2 is 1.29 bits per heavy atom. The molecule has 0 rings (SSSR count). The van der Waals surface area contributed by atoms with Gasteiger partial charge < -0.3 is 15.3 Å². The Bertz CT molecular complexity index is 298. The van der Waals surface area contributed by atoms with E-state index in [2.05, 4.69) is 0 Å². The molecule has 0 spiro atoms. The standard InChI is InChI=1S/C11H18O6/c1-11(2,3)9(10(16)17)6(4-7(12)13)5-8(14)15/h6,9H,4-5H2,1-3H3,(H,12,13)(H,14,15)(H,16,17). The van der Waals surface area contributed by atoms with E-state index in [4.69, 9.17) is 15.3 Å². The van der Waals surface area contributed by atoms with Crippen LogP contribution in [0.4, 0.5) is 0 Å². The first kappa shape index (κ1) is 15.4. The zero-order valence-corrected chi connectivity index (χ0v) is 10.1. The van der Waals surface area contributed by atoms with Crippen LogP contribution in [-0.2, 0) is 14.4 Å². The highest BCUT2D eigenvalue weighted by atomic mass is 16.4. The highest BCUT2D eigenvalue weighted by molar-refractivity contribution is 5.76. The van der Waals surface area contributed by atoms with E-state index in [1.807, 2.05) is 0 Å². The van der Waals surface area contributed by atoms with Crippen molar-refractivity contribution in [3.05, 3.63) is 0 Å². The van der Waals surface area contributed by atoms with Crippen LogP contribution in [0.1, 0.15) is 33.6 Å². The van der Waals surface area contributed by atoms with Gasteiger partial charge in [-0.2, -0.15) is 0 Å². The molecule has 0 amide bonds. The molecular formula is C11H18O6. The van der Waals surface area contributed by atoms with Crippen LogP contribution < -0.4 is 0 Å². The van der Waals surface area contributed by atoms with E-state index in [1.165, 1.54) is 0 Å². The second-order valence-corrected chi connectivity index (χ2v) is 5.14. The average Bonchev–Trinajstić information content (AvgIpc) is 1.95. The van der Waals surface area contributed by atoms with Gasteiger partial charge in [-0.05, 0) is 11.3 Å². The molecule has 0 bridgehead atoms. The molecule has 1 unspecified atom stereocenters. The summed E-state index contributed by atoms with van der Waals surface area (Å²) < 4.78 is 0. The van der Waals surface area contributed by atoms with Crippen molar-refractivity contribution in [1.29, 1.82) is 0 Å². The van der Waals surface area contributed by atoms with Crippen LogP contribution in [0.15, 0.2) is 0 Å². The van der Waals surface area contributed by atoms with Crippen molar-refractivity contribution in [2.45, 2.75) is 33.6 Å². The molecule has 0 radical (unpaired) electrons. The molecular weight excluding hydrogens is 228 g/mol. The fourth-order valence-corrected chi connectivity index (χ4v) is 2.04. The molecule has 0 aliphatic heterocycles. The van der Waals surface area contributed by atoms with Gasteiger partial charge in [0.05, 0.1) is 5.92 Å². The molecule has 0 aliphatic rings. The van der Waals surface area contributed by atoms with Crippen LogP contribution in [0.5, 0.6) is 0 Å². The van der Waals surface area contributed by atoms with E-state index in [9.17, 15) is 14.4 Å². The third-order valence-corrected chi connectivity index (χ3v) is 2.54. The van der Waals surface area contributed by atoms with E-state index >= 15 is 0 Å². The van der Waals surface area contributed by atoms with E-state index in [0.717, 1.165) is 0 Å². The van der Waals surface area contributed by atoms with Gasteiger partial charge in [0.1, 0.15) is 0 Å². The summed E-state index contributed by atoms with van der Waals surface area (Å²) in [5.41, 5.74) is -0.693. The Hall–Kier alpha value is -1.59. The fraction of sp³-hybridized carbons (Fsp3) is 0.727. The second-order valence-electron chi connectivity index (χ2n) is 5.14. The molecule has 17 heavy (non-hydrogen) atoms. The Kier molecular flexibility index (Phi) is 5.12. The first-order valence-electron chi connectivity index (χ1n) is 5.22. The zero-order valence-electron chi connectivity index (χ0n) is 10.1. The van der Waals surface area contributed by atoms with Crippen molar-refractivity contribution >= 4 is 17.9 Å². The molecule has 0 saturated heterocycles. The van der Waals surface area contributed by atoms with Crippen LogP contribution in [-0.4, -0.2) is 33.2 Å². The lowest BCUT2D eigenvalue weighted by Crippen LogP contribution is -2.37. The smallest absolute Gasteiger partial charge is 0.307 e. The molecule has 6 nitrogen and oxygen atoms in total. The molecule has 0 aromatic rings. The van der Waals surface area contributed by atoms with Gasteiger partial charge in [-0.25, -0.2) is 0 Å². The zero-order chi connectivity index (χ0) is 13.8. The molecule has 0 saturated carbocycles. The summed E-state index contributed by atoms with van der Waals surface area (Å²) in [7, 11) is 0. The predicted molar refractivity (Wildman–Crippen MR) is 58.6 cm³/mol. The molecule has 0 fully saturated rings. The van der Waals surface area contributed by atoms with Gasteiger partial charge in [0.2, 0.25) is 0 Å². The van der Waals surface area contributed by atoms with E-state index in [1.54, 1.807) is 20.8 Å². The second kappa shape index (κ2) is 5.65. The van der Waals surface area contributed by atoms with Gasteiger partial charge in [-0.1, -0.05) is 20.8 Å². The minimum atomic E-state index is -1.19. The maximum absolute atomic E-state index is 11.2. The van der Waals surface area contributed by atoms with Crippen LogP contribution in [0.25, 0.3) is 0 Å². The van der Waals surface area contributed by atoms with Gasteiger partial charge >= 0.3 is 17.9 Å². The summed E-state index contributed by atoms with van der Waals surface area (Å²) in [5, 5.41) is 26.5. The van der Waals surface area contributed by atoms with Crippen LogP contribution in [0, 0.1) is 17.3 Å². The predicted octanol–water partition coefficient (Wildman–Crippen LogP) is 1.30. The van der Waals surface area contributed by atoms with Gasteiger partial charge in [0, 0.05) is 12.8 Å². The Balaban J connectivity index is 5.14. The highest BCUT2D eigenvalue weighted by Crippen LogP contribution is 2.36. The summed E-state index contributed by atoms with van der Waals surface area (Å²) in [5.74, 6) is -5.46. The number of hydrogen-bond acceptors (Lipinski definition) is 3. The van der Waals surface area contributed by atoms with Gasteiger partial charge in [0.25, 0.3) is 0 Å². The van der Waals surface area contributed by atoms with Crippen LogP contribution in [0.3, 0.4) is 0 Å². The fourth-order valence-electron chi connectivity index (χ4n) is 2.04. The van der Waals surface area contributed by atoms with E-state index in [-0.39, 0.29) is 0 Å². The number of carboxylic acid groups (broad SMARTS) is 3. The first-order chi connectivity index (χ1) is 7.55. The summed E-state index contributed by atoms with van der Waals surface area (Å²) in [4.78, 5) is 32.5. The topological polar surface area (TPSA) is 112 Å². The maximum atomic E-state index is 11.2. The van der Waals surface area contributed by atoms with E-state index in [0.29, 0.717) is 0 Å². The molecule has 0 aromatic heterocycles. The quantitative estimate of drug-likeness (QED) is 0.651. The summed E-state index contributed by atoms with van der Waals surface area (Å²) in [6, 6.07) is 0. The van der Waals surface area contributed by atoms with Crippen LogP contribution in [0.2, 0.25) is 0 Å². The average molecular weight is 246 g/mol.